The quantitative estimate of drug-likeness (QED) is 0.703. The molecule has 4 heteroatoms. The number of rotatable bonds is 5. The van der Waals surface area contributed by atoms with E-state index in [-0.39, 0.29) is 5.78 Å². The molecule has 2 rings (SSSR count). The Hall–Kier alpha value is -0.570. The third-order valence-corrected chi connectivity index (χ3v) is 5.39. The molecule has 0 radical (unpaired) electrons. The van der Waals surface area contributed by atoms with Crippen LogP contribution < -0.4 is 0 Å². The van der Waals surface area contributed by atoms with E-state index in [9.17, 15) is 4.79 Å². The van der Waals surface area contributed by atoms with Crippen LogP contribution in [0.4, 0.5) is 0 Å². The second kappa shape index (κ2) is 7.62. The molecule has 0 aliphatic heterocycles. The van der Waals surface area contributed by atoms with Crippen molar-refractivity contribution in [3.63, 3.8) is 0 Å². The van der Waals surface area contributed by atoms with Crippen molar-refractivity contribution in [1.29, 1.82) is 0 Å². The summed E-state index contributed by atoms with van der Waals surface area (Å²) in [7, 11) is 2.05. The van der Waals surface area contributed by atoms with E-state index < -0.39 is 0 Å². The second-order valence-electron chi connectivity index (χ2n) is 6.05. The van der Waals surface area contributed by atoms with Crippen molar-refractivity contribution in [2.45, 2.75) is 45.1 Å². The minimum Gasteiger partial charge on any atom is -0.296 e. The second-order valence-corrected chi connectivity index (χ2v) is 6.86. The molecule has 1 aromatic carbocycles. The summed E-state index contributed by atoms with van der Waals surface area (Å²) in [4.78, 5) is 14.5. The van der Waals surface area contributed by atoms with Crippen LogP contribution in [0.5, 0.6) is 0 Å². The molecule has 21 heavy (non-hydrogen) atoms. The molecule has 0 amide bonds. The third-order valence-electron chi connectivity index (χ3n) is 4.65. The number of likely N-dealkylation sites (N-methyl/N-ethyl adjacent to an activating group) is 1. The predicted octanol–water partition coefficient (Wildman–Crippen LogP) is 5.08. The molecule has 0 bridgehead atoms. The Bertz CT molecular complexity index is 496. The fourth-order valence-electron chi connectivity index (χ4n) is 3.11. The highest BCUT2D eigenvalue weighted by atomic mass is 35.5. The highest BCUT2D eigenvalue weighted by molar-refractivity contribution is 6.42. The van der Waals surface area contributed by atoms with E-state index in [2.05, 4.69) is 11.8 Å². The fourth-order valence-corrected chi connectivity index (χ4v) is 3.41. The van der Waals surface area contributed by atoms with Gasteiger partial charge in [-0.05, 0) is 56.8 Å². The first kappa shape index (κ1) is 16.8. The van der Waals surface area contributed by atoms with E-state index >= 15 is 0 Å². The third kappa shape index (κ3) is 4.45. The average molecular weight is 328 g/mol. The smallest absolute Gasteiger partial charge is 0.176 e. The molecule has 0 atom stereocenters. The Labute approximate surface area is 137 Å². The molecular formula is C17H23Cl2NO. The van der Waals surface area contributed by atoms with E-state index in [1.54, 1.807) is 18.2 Å². The summed E-state index contributed by atoms with van der Waals surface area (Å²) in [6.45, 7) is 2.71. The Kier molecular flexibility index (Phi) is 6.09. The van der Waals surface area contributed by atoms with Gasteiger partial charge in [-0.3, -0.25) is 9.69 Å². The number of halogens is 2. The minimum atomic E-state index is 0.105. The summed E-state index contributed by atoms with van der Waals surface area (Å²) < 4.78 is 0. The van der Waals surface area contributed by atoms with Gasteiger partial charge in [0.15, 0.2) is 5.78 Å². The van der Waals surface area contributed by atoms with E-state index in [0.717, 1.165) is 5.92 Å². The molecule has 0 spiro atoms. The molecule has 0 N–H and O–H groups in total. The lowest BCUT2D eigenvalue weighted by atomic mass is 9.84. The van der Waals surface area contributed by atoms with Gasteiger partial charge in [-0.25, -0.2) is 0 Å². The molecule has 1 aliphatic rings. The van der Waals surface area contributed by atoms with Gasteiger partial charge in [0.05, 0.1) is 16.6 Å². The molecule has 0 heterocycles. The topological polar surface area (TPSA) is 20.3 Å². The Morgan fingerprint density at radius 2 is 1.86 bits per heavy atom. The van der Waals surface area contributed by atoms with Gasteiger partial charge >= 0.3 is 0 Å². The molecule has 1 fully saturated rings. The first-order valence-corrected chi connectivity index (χ1v) is 8.45. The maximum absolute atomic E-state index is 12.3. The standard InChI is InChI=1S/C17H23Cl2NO/c1-3-12-4-7-14(8-5-12)20(2)11-17(21)13-6-9-15(18)16(19)10-13/h6,9-10,12,14H,3-5,7-8,11H2,1-2H3. The van der Waals surface area contributed by atoms with Gasteiger partial charge in [0.25, 0.3) is 0 Å². The van der Waals surface area contributed by atoms with Crippen LogP contribution >= 0.6 is 23.2 Å². The number of hydrogen-bond acceptors (Lipinski definition) is 2. The molecule has 1 saturated carbocycles. The van der Waals surface area contributed by atoms with Crippen LogP contribution in [0, 0.1) is 5.92 Å². The SMILES string of the molecule is CCC1CCC(N(C)CC(=O)c2ccc(Cl)c(Cl)c2)CC1. The lowest BCUT2D eigenvalue weighted by Gasteiger charge is -2.34. The average Bonchev–Trinajstić information content (AvgIpc) is 2.50. The van der Waals surface area contributed by atoms with Crippen LogP contribution in [0.2, 0.25) is 10.0 Å². The largest absolute Gasteiger partial charge is 0.296 e. The number of carbonyl (C=O) groups excluding carboxylic acids is 1. The Morgan fingerprint density at radius 3 is 2.43 bits per heavy atom. The van der Waals surface area contributed by atoms with Crippen LogP contribution in [-0.2, 0) is 0 Å². The first-order chi connectivity index (χ1) is 10.0. The lowest BCUT2D eigenvalue weighted by molar-refractivity contribution is 0.0885. The zero-order chi connectivity index (χ0) is 15.4. The molecule has 0 unspecified atom stereocenters. The summed E-state index contributed by atoms with van der Waals surface area (Å²) in [5, 5.41) is 0.924. The monoisotopic (exact) mass is 327 g/mol. The summed E-state index contributed by atoms with van der Waals surface area (Å²) >= 11 is 11.9. The van der Waals surface area contributed by atoms with Crippen molar-refractivity contribution >= 4 is 29.0 Å². The molecular weight excluding hydrogens is 305 g/mol. The van der Waals surface area contributed by atoms with Crippen LogP contribution in [0.25, 0.3) is 0 Å². The number of hydrogen-bond donors (Lipinski definition) is 0. The number of nitrogens with zero attached hydrogens (tertiary/aromatic N) is 1. The summed E-state index contributed by atoms with van der Waals surface area (Å²) in [6.07, 6.45) is 6.24. The van der Waals surface area contributed by atoms with Crippen LogP contribution in [0.15, 0.2) is 18.2 Å². The summed E-state index contributed by atoms with van der Waals surface area (Å²) in [6, 6.07) is 5.62. The number of benzene rings is 1. The molecule has 1 aromatic rings. The molecule has 2 nitrogen and oxygen atoms in total. The Morgan fingerprint density at radius 1 is 1.19 bits per heavy atom. The lowest BCUT2D eigenvalue weighted by Crippen LogP contribution is -2.38. The van der Waals surface area contributed by atoms with Crippen LogP contribution in [0.1, 0.15) is 49.4 Å². The predicted molar refractivity (Wildman–Crippen MR) is 89.5 cm³/mol. The molecule has 116 valence electrons. The van der Waals surface area contributed by atoms with Gasteiger partial charge < -0.3 is 0 Å². The van der Waals surface area contributed by atoms with Crippen LogP contribution in [-0.4, -0.2) is 30.3 Å². The highest BCUT2D eigenvalue weighted by Crippen LogP contribution is 2.29. The summed E-state index contributed by atoms with van der Waals surface area (Å²) in [5.74, 6) is 0.981. The van der Waals surface area contributed by atoms with Crippen LogP contribution in [0.3, 0.4) is 0 Å². The zero-order valence-corrected chi connectivity index (χ0v) is 14.3. The van der Waals surface area contributed by atoms with E-state index in [1.165, 1.54) is 32.1 Å². The summed E-state index contributed by atoms with van der Waals surface area (Å²) in [5.41, 5.74) is 0.637. The number of ketones is 1. The maximum Gasteiger partial charge on any atom is 0.176 e. The Balaban J connectivity index is 1.91. The fraction of sp³-hybridized carbons (Fsp3) is 0.588. The van der Waals surface area contributed by atoms with Gasteiger partial charge in [0.2, 0.25) is 0 Å². The van der Waals surface area contributed by atoms with Gasteiger partial charge in [-0.15, -0.1) is 0 Å². The van der Waals surface area contributed by atoms with E-state index in [4.69, 9.17) is 23.2 Å². The molecule has 0 aromatic heterocycles. The highest BCUT2D eigenvalue weighted by Gasteiger charge is 2.24. The van der Waals surface area contributed by atoms with Gasteiger partial charge in [-0.1, -0.05) is 36.5 Å². The van der Waals surface area contributed by atoms with Crippen molar-refractivity contribution in [2.75, 3.05) is 13.6 Å². The van der Waals surface area contributed by atoms with Crippen molar-refractivity contribution in [2.24, 2.45) is 5.92 Å². The molecule has 0 saturated heterocycles. The first-order valence-electron chi connectivity index (χ1n) is 7.69. The van der Waals surface area contributed by atoms with Gasteiger partial charge in [-0.2, -0.15) is 0 Å². The van der Waals surface area contributed by atoms with Crippen molar-refractivity contribution in [1.82, 2.24) is 4.90 Å². The minimum absolute atomic E-state index is 0.105. The van der Waals surface area contributed by atoms with Gasteiger partial charge in [0, 0.05) is 11.6 Å². The number of Topliss-reactive ketones (excluding diaryl/α,β-unsaturated/α-hetero) is 1. The number of carbonyl (C=O) groups is 1. The van der Waals surface area contributed by atoms with Crippen molar-refractivity contribution in [3.8, 4) is 0 Å². The van der Waals surface area contributed by atoms with E-state index in [1.807, 2.05) is 7.05 Å². The van der Waals surface area contributed by atoms with Gasteiger partial charge in [0.1, 0.15) is 0 Å². The normalized spacial score (nSPS) is 22.5. The van der Waals surface area contributed by atoms with Crippen molar-refractivity contribution < 1.29 is 4.79 Å². The van der Waals surface area contributed by atoms with E-state index in [0.29, 0.717) is 28.2 Å². The van der Waals surface area contributed by atoms with Crippen molar-refractivity contribution in [3.05, 3.63) is 33.8 Å². The zero-order valence-electron chi connectivity index (χ0n) is 12.7. The molecule has 1 aliphatic carbocycles. The maximum atomic E-state index is 12.3.